The number of halogens is 3. The normalized spacial score (nSPS) is 14.3. The number of rotatable bonds is 6. The molecule has 0 N–H and O–H groups in total. The third-order valence-corrected chi connectivity index (χ3v) is 4.83. The zero-order chi connectivity index (χ0) is 22.7. The van der Waals surface area contributed by atoms with Crippen LogP contribution in [-0.2, 0) is 16.1 Å². The van der Waals surface area contributed by atoms with Gasteiger partial charge in [-0.1, -0.05) is 35.9 Å². The average molecular weight is 456 g/mol. The lowest BCUT2D eigenvalue weighted by Gasteiger charge is -2.13. The third kappa shape index (κ3) is 4.63. The van der Waals surface area contributed by atoms with E-state index in [9.17, 15) is 13.6 Å². The number of ether oxygens (including phenoxy) is 3. The van der Waals surface area contributed by atoms with Crippen molar-refractivity contribution >= 4 is 29.5 Å². The van der Waals surface area contributed by atoms with Gasteiger partial charge >= 0.3 is 5.97 Å². The van der Waals surface area contributed by atoms with Crippen LogP contribution in [0.2, 0.25) is 5.02 Å². The summed E-state index contributed by atoms with van der Waals surface area (Å²) < 4.78 is 43.5. The molecule has 0 fully saturated rings. The van der Waals surface area contributed by atoms with E-state index in [1.807, 2.05) is 0 Å². The SMILES string of the molecule is COc1cc(/C=C2\N=C(c3ccccc3F)OC2=O)cc(Cl)c1OCc1cccc(F)c1. The quantitative estimate of drug-likeness (QED) is 0.361. The summed E-state index contributed by atoms with van der Waals surface area (Å²) in [5.74, 6) is -1.18. The largest absolute Gasteiger partial charge is 0.493 e. The Bertz CT molecular complexity index is 1260. The standard InChI is InChI=1S/C24H16ClF2NO4/c1-30-21-12-15(10-18(25)22(21)31-13-14-5-4-6-16(26)9-14)11-20-24(29)32-23(28-20)17-7-2-3-8-19(17)27/h2-12H,13H2,1H3/b20-11-. The van der Waals surface area contributed by atoms with Gasteiger partial charge in [-0.3, -0.25) is 0 Å². The number of cyclic esters (lactones) is 1. The maximum atomic E-state index is 14.0. The molecule has 5 nitrogen and oxygen atoms in total. The molecule has 3 aromatic carbocycles. The fraction of sp³-hybridized carbons (Fsp3) is 0.0833. The van der Waals surface area contributed by atoms with Gasteiger partial charge in [0, 0.05) is 0 Å². The molecule has 1 aliphatic heterocycles. The van der Waals surface area contributed by atoms with E-state index in [0.717, 1.165) is 0 Å². The molecule has 0 saturated heterocycles. The Labute approximate surface area is 187 Å². The first-order valence-corrected chi connectivity index (χ1v) is 9.84. The summed E-state index contributed by atoms with van der Waals surface area (Å²) in [6.07, 6.45) is 1.45. The number of methoxy groups -OCH3 is 1. The lowest BCUT2D eigenvalue weighted by molar-refractivity contribution is -0.129. The van der Waals surface area contributed by atoms with Crippen LogP contribution in [0.3, 0.4) is 0 Å². The molecule has 1 aliphatic rings. The Balaban J connectivity index is 1.60. The monoisotopic (exact) mass is 455 g/mol. The van der Waals surface area contributed by atoms with E-state index in [2.05, 4.69) is 4.99 Å². The zero-order valence-corrected chi connectivity index (χ0v) is 17.5. The summed E-state index contributed by atoms with van der Waals surface area (Å²) in [5, 5.41) is 0.220. The predicted octanol–water partition coefficient (Wildman–Crippen LogP) is 5.55. The van der Waals surface area contributed by atoms with Crippen molar-refractivity contribution in [2.75, 3.05) is 7.11 Å². The molecule has 3 aromatic rings. The molecule has 0 amide bonds. The van der Waals surface area contributed by atoms with Crippen LogP contribution in [0.15, 0.2) is 71.4 Å². The Hall–Kier alpha value is -3.71. The highest BCUT2D eigenvalue weighted by Crippen LogP contribution is 2.38. The highest BCUT2D eigenvalue weighted by molar-refractivity contribution is 6.32. The van der Waals surface area contributed by atoms with Crippen LogP contribution in [0.4, 0.5) is 8.78 Å². The molecule has 0 bridgehead atoms. The number of aliphatic imine (C=N–C) groups is 1. The van der Waals surface area contributed by atoms with Crippen molar-refractivity contribution in [3.8, 4) is 11.5 Å². The van der Waals surface area contributed by atoms with Crippen molar-refractivity contribution in [1.29, 1.82) is 0 Å². The molecule has 0 spiro atoms. The van der Waals surface area contributed by atoms with Crippen molar-refractivity contribution in [3.63, 3.8) is 0 Å². The van der Waals surface area contributed by atoms with Crippen molar-refractivity contribution < 1.29 is 27.8 Å². The molecule has 32 heavy (non-hydrogen) atoms. The third-order valence-electron chi connectivity index (χ3n) is 4.55. The molecule has 0 aliphatic carbocycles. The lowest BCUT2D eigenvalue weighted by Crippen LogP contribution is -2.07. The second-order valence-corrected chi connectivity index (χ2v) is 7.18. The smallest absolute Gasteiger partial charge is 0.363 e. The molecule has 4 rings (SSSR count). The predicted molar refractivity (Wildman–Crippen MR) is 116 cm³/mol. The second kappa shape index (κ2) is 9.20. The summed E-state index contributed by atoms with van der Waals surface area (Å²) in [4.78, 5) is 16.3. The van der Waals surface area contributed by atoms with Crippen LogP contribution in [0.5, 0.6) is 11.5 Å². The fourth-order valence-electron chi connectivity index (χ4n) is 3.06. The molecular formula is C24H16ClF2NO4. The number of carbonyl (C=O) groups excluding carboxylic acids is 1. The minimum atomic E-state index is -0.718. The van der Waals surface area contributed by atoms with Crippen LogP contribution in [0.1, 0.15) is 16.7 Å². The van der Waals surface area contributed by atoms with Gasteiger partial charge in [-0.2, -0.15) is 0 Å². The number of hydrogen-bond donors (Lipinski definition) is 0. The van der Waals surface area contributed by atoms with Gasteiger partial charge in [0.15, 0.2) is 17.2 Å². The van der Waals surface area contributed by atoms with E-state index in [1.165, 1.54) is 43.5 Å². The maximum absolute atomic E-state index is 14.0. The number of esters is 1. The van der Waals surface area contributed by atoms with Crippen molar-refractivity contribution in [2.24, 2.45) is 4.99 Å². The van der Waals surface area contributed by atoms with Crippen LogP contribution in [-0.4, -0.2) is 19.0 Å². The molecule has 0 radical (unpaired) electrons. The van der Waals surface area contributed by atoms with E-state index in [4.69, 9.17) is 25.8 Å². The molecule has 0 saturated carbocycles. The van der Waals surface area contributed by atoms with Crippen molar-refractivity contribution in [1.82, 2.24) is 0 Å². The Morgan fingerprint density at radius 1 is 1.09 bits per heavy atom. The summed E-state index contributed by atoms with van der Waals surface area (Å²) in [7, 11) is 1.44. The van der Waals surface area contributed by atoms with Gasteiger partial charge in [0.2, 0.25) is 5.90 Å². The summed E-state index contributed by atoms with van der Waals surface area (Å²) in [5.41, 5.74) is 1.18. The lowest BCUT2D eigenvalue weighted by atomic mass is 10.1. The summed E-state index contributed by atoms with van der Waals surface area (Å²) in [6.45, 7) is 0.0803. The molecule has 0 atom stereocenters. The topological polar surface area (TPSA) is 57.1 Å². The molecule has 8 heteroatoms. The number of nitrogens with zero attached hydrogens (tertiary/aromatic N) is 1. The summed E-state index contributed by atoms with van der Waals surface area (Å²) >= 11 is 6.37. The van der Waals surface area contributed by atoms with Crippen LogP contribution in [0, 0.1) is 11.6 Å². The molecular weight excluding hydrogens is 440 g/mol. The Morgan fingerprint density at radius 3 is 2.66 bits per heavy atom. The highest BCUT2D eigenvalue weighted by Gasteiger charge is 2.26. The van der Waals surface area contributed by atoms with E-state index in [1.54, 1.807) is 30.3 Å². The fourth-order valence-corrected chi connectivity index (χ4v) is 3.34. The molecule has 0 unspecified atom stereocenters. The van der Waals surface area contributed by atoms with Gasteiger partial charge in [-0.15, -0.1) is 0 Å². The van der Waals surface area contributed by atoms with Crippen molar-refractivity contribution in [2.45, 2.75) is 6.61 Å². The second-order valence-electron chi connectivity index (χ2n) is 6.77. The Morgan fingerprint density at radius 2 is 1.91 bits per heavy atom. The van der Waals surface area contributed by atoms with Gasteiger partial charge in [0.25, 0.3) is 0 Å². The first kappa shape index (κ1) is 21.5. The zero-order valence-electron chi connectivity index (χ0n) is 16.8. The number of benzene rings is 3. The highest BCUT2D eigenvalue weighted by atomic mass is 35.5. The van der Waals surface area contributed by atoms with E-state index in [0.29, 0.717) is 16.9 Å². The minimum absolute atomic E-state index is 0.0187. The molecule has 1 heterocycles. The van der Waals surface area contributed by atoms with Gasteiger partial charge in [-0.05, 0) is 53.6 Å². The first-order valence-electron chi connectivity index (χ1n) is 9.47. The van der Waals surface area contributed by atoms with E-state index < -0.39 is 11.8 Å². The van der Waals surface area contributed by atoms with E-state index >= 15 is 0 Å². The van der Waals surface area contributed by atoms with Gasteiger partial charge < -0.3 is 14.2 Å². The first-order chi connectivity index (χ1) is 15.4. The molecule has 0 aromatic heterocycles. The number of hydrogen-bond acceptors (Lipinski definition) is 5. The van der Waals surface area contributed by atoms with Crippen LogP contribution in [0.25, 0.3) is 6.08 Å². The van der Waals surface area contributed by atoms with Crippen LogP contribution < -0.4 is 9.47 Å². The van der Waals surface area contributed by atoms with Crippen LogP contribution >= 0.6 is 11.6 Å². The number of carbonyl (C=O) groups is 1. The van der Waals surface area contributed by atoms with E-state index in [-0.39, 0.29) is 40.4 Å². The average Bonchev–Trinajstić information content (AvgIpc) is 3.13. The summed E-state index contributed by atoms with van der Waals surface area (Å²) in [6, 6.07) is 15.0. The minimum Gasteiger partial charge on any atom is -0.493 e. The van der Waals surface area contributed by atoms with Crippen molar-refractivity contribution in [3.05, 3.63) is 99.7 Å². The molecule has 162 valence electrons. The van der Waals surface area contributed by atoms with Gasteiger partial charge in [-0.25, -0.2) is 18.6 Å². The maximum Gasteiger partial charge on any atom is 0.363 e. The van der Waals surface area contributed by atoms with Gasteiger partial charge in [0.05, 0.1) is 17.7 Å². The van der Waals surface area contributed by atoms with Gasteiger partial charge in [0.1, 0.15) is 18.2 Å². The Kier molecular flexibility index (Phi) is 6.18.